The lowest BCUT2D eigenvalue weighted by Gasteiger charge is -2.10. The van der Waals surface area contributed by atoms with Crippen LogP contribution in [0.4, 0.5) is 0 Å². The van der Waals surface area contributed by atoms with E-state index >= 15 is 0 Å². The van der Waals surface area contributed by atoms with Crippen LogP contribution in [0, 0.1) is 5.92 Å². The lowest BCUT2D eigenvalue weighted by atomic mass is 9.98. The maximum absolute atomic E-state index is 12.3. The molecule has 0 saturated heterocycles. The fourth-order valence-electron chi connectivity index (χ4n) is 2.60. The van der Waals surface area contributed by atoms with Crippen molar-refractivity contribution < 1.29 is 14.7 Å². The van der Waals surface area contributed by atoms with Crippen LogP contribution in [0.3, 0.4) is 0 Å². The molecule has 0 atom stereocenters. The van der Waals surface area contributed by atoms with Gasteiger partial charge in [0.2, 0.25) is 0 Å². The van der Waals surface area contributed by atoms with Gasteiger partial charge in [-0.3, -0.25) is 4.79 Å². The van der Waals surface area contributed by atoms with Crippen LogP contribution in [-0.4, -0.2) is 23.5 Å². The Morgan fingerprint density at radius 2 is 1.76 bits per heavy atom. The van der Waals surface area contributed by atoms with E-state index in [-0.39, 0.29) is 11.5 Å². The van der Waals surface area contributed by atoms with Gasteiger partial charge in [-0.25, -0.2) is 4.79 Å². The number of carboxylic acids is 1. The Morgan fingerprint density at radius 1 is 1.10 bits per heavy atom. The number of aromatic carboxylic acids is 1. The summed E-state index contributed by atoms with van der Waals surface area (Å²) in [7, 11) is 0. The molecule has 0 aromatic heterocycles. The number of carboxylic acid groups (broad SMARTS) is 1. The Balaban J connectivity index is 1.92. The topological polar surface area (TPSA) is 66.4 Å². The van der Waals surface area contributed by atoms with Gasteiger partial charge in [0.25, 0.3) is 5.91 Å². The number of carbonyl (C=O) groups is 2. The van der Waals surface area contributed by atoms with E-state index in [0.717, 1.165) is 17.7 Å². The zero-order chi connectivity index (χ0) is 14.8. The number of fused-ring (bicyclic) bond motifs is 1. The van der Waals surface area contributed by atoms with Crippen LogP contribution in [0.1, 0.15) is 40.0 Å². The first-order valence-corrected chi connectivity index (χ1v) is 7.20. The van der Waals surface area contributed by atoms with Gasteiger partial charge in [0, 0.05) is 17.5 Å². The van der Waals surface area contributed by atoms with Gasteiger partial charge in [-0.15, -0.1) is 0 Å². The second-order valence-corrected chi connectivity index (χ2v) is 5.50. The molecule has 3 rings (SSSR count). The number of amides is 1. The number of rotatable bonds is 5. The second-order valence-electron chi connectivity index (χ2n) is 5.50. The van der Waals surface area contributed by atoms with E-state index < -0.39 is 5.97 Å². The molecule has 2 aromatic rings. The number of hydrogen-bond donors (Lipinski definition) is 2. The highest BCUT2D eigenvalue weighted by molar-refractivity contribution is 6.14. The third kappa shape index (κ3) is 2.89. The van der Waals surface area contributed by atoms with E-state index in [1.165, 1.54) is 18.9 Å². The standard InChI is InChI=1S/C17H17NO3/c19-16(18-10-9-11-7-8-11)13-5-1-3-12-4-2-6-14(15(12)13)17(20)21/h1-6,11H,7-10H2,(H,18,19)(H,20,21). The Bertz CT molecular complexity index is 699. The highest BCUT2D eigenvalue weighted by Gasteiger charge is 2.21. The normalized spacial score (nSPS) is 14.1. The summed E-state index contributed by atoms with van der Waals surface area (Å²) in [6.45, 7) is 0.648. The van der Waals surface area contributed by atoms with Crippen molar-refractivity contribution in [3.05, 3.63) is 47.5 Å². The molecule has 21 heavy (non-hydrogen) atoms. The maximum atomic E-state index is 12.3. The Kier molecular flexibility index (Phi) is 3.60. The molecule has 4 heteroatoms. The van der Waals surface area contributed by atoms with Crippen LogP contribution in [0.2, 0.25) is 0 Å². The first-order chi connectivity index (χ1) is 10.2. The van der Waals surface area contributed by atoms with Crippen molar-refractivity contribution in [2.24, 2.45) is 5.92 Å². The van der Waals surface area contributed by atoms with Crippen molar-refractivity contribution in [1.82, 2.24) is 5.32 Å². The van der Waals surface area contributed by atoms with E-state index in [4.69, 9.17) is 0 Å². The van der Waals surface area contributed by atoms with Gasteiger partial charge in [0.15, 0.2) is 0 Å². The van der Waals surface area contributed by atoms with Crippen molar-refractivity contribution in [2.75, 3.05) is 6.54 Å². The molecular formula is C17H17NO3. The van der Waals surface area contributed by atoms with E-state index in [2.05, 4.69) is 5.32 Å². The summed E-state index contributed by atoms with van der Waals surface area (Å²) in [4.78, 5) is 23.7. The van der Waals surface area contributed by atoms with Crippen molar-refractivity contribution in [2.45, 2.75) is 19.3 Å². The van der Waals surface area contributed by atoms with Gasteiger partial charge >= 0.3 is 5.97 Å². The predicted molar refractivity (Wildman–Crippen MR) is 80.6 cm³/mol. The molecule has 0 heterocycles. The minimum atomic E-state index is -1.01. The zero-order valence-electron chi connectivity index (χ0n) is 11.6. The maximum Gasteiger partial charge on any atom is 0.336 e. The van der Waals surface area contributed by atoms with E-state index in [0.29, 0.717) is 17.5 Å². The first kappa shape index (κ1) is 13.6. The molecule has 108 valence electrons. The number of carbonyl (C=O) groups excluding carboxylic acids is 1. The highest BCUT2D eigenvalue weighted by Crippen LogP contribution is 2.31. The van der Waals surface area contributed by atoms with Crippen LogP contribution < -0.4 is 5.32 Å². The summed E-state index contributed by atoms with van der Waals surface area (Å²) in [5, 5.41) is 13.5. The molecule has 1 saturated carbocycles. The molecule has 1 aliphatic rings. The van der Waals surface area contributed by atoms with Crippen molar-refractivity contribution in [3.8, 4) is 0 Å². The highest BCUT2D eigenvalue weighted by atomic mass is 16.4. The van der Waals surface area contributed by atoms with Crippen LogP contribution in [0.15, 0.2) is 36.4 Å². The molecule has 2 aromatic carbocycles. The lowest BCUT2D eigenvalue weighted by Crippen LogP contribution is -2.25. The summed E-state index contributed by atoms with van der Waals surface area (Å²) in [5.41, 5.74) is 0.599. The summed E-state index contributed by atoms with van der Waals surface area (Å²) in [5.74, 6) is -0.457. The fraction of sp³-hybridized carbons (Fsp3) is 0.294. The van der Waals surface area contributed by atoms with Crippen molar-refractivity contribution >= 4 is 22.6 Å². The average molecular weight is 283 g/mol. The Morgan fingerprint density at radius 3 is 2.38 bits per heavy atom. The lowest BCUT2D eigenvalue weighted by molar-refractivity contribution is 0.0699. The predicted octanol–water partition coefficient (Wildman–Crippen LogP) is 3.07. The molecule has 1 aliphatic carbocycles. The van der Waals surface area contributed by atoms with Gasteiger partial charge < -0.3 is 10.4 Å². The second kappa shape index (κ2) is 5.56. The minimum Gasteiger partial charge on any atom is -0.478 e. The fourth-order valence-corrected chi connectivity index (χ4v) is 2.60. The molecule has 0 aliphatic heterocycles. The monoisotopic (exact) mass is 283 g/mol. The summed E-state index contributed by atoms with van der Waals surface area (Å²) in [6.07, 6.45) is 3.52. The molecule has 1 fully saturated rings. The number of hydrogen-bond acceptors (Lipinski definition) is 2. The minimum absolute atomic E-state index is 0.167. The van der Waals surface area contributed by atoms with Crippen molar-refractivity contribution in [3.63, 3.8) is 0 Å². The summed E-state index contributed by atoms with van der Waals surface area (Å²) < 4.78 is 0. The van der Waals surface area contributed by atoms with Gasteiger partial charge in [-0.2, -0.15) is 0 Å². The SMILES string of the molecule is O=C(O)c1cccc2cccc(C(=O)NCCC3CC3)c12. The summed E-state index contributed by atoms with van der Waals surface area (Å²) >= 11 is 0. The Hall–Kier alpha value is -2.36. The van der Waals surface area contributed by atoms with Gasteiger partial charge in [-0.05, 0) is 29.9 Å². The quantitative estimate of drug-likeness (QED) is 0.886. The average Bonchev–Trinajstić information content (AvgIpc) is 3.30. The molecule has 4 nitrogen and oxygen atoms in total. The molecular weight excluding hydrogens is 266 g/mol. The largest absolute Gasteiger partial charge is 0.478 e. The van der Waals surface area contributed by atoms with Gasteiger partial charge in [0.05, 0.1) is 5.56 Å². The van der Waals surface area contributed by atoms with Crippen LogP contribution in [-0.2, 0) is 0 Å². The van der Waals surface area contributed by atoms with Crippen LogP contribution >= 0.6 is 0 Å². The van der Waals surface area contributed by atoms with E-state index in [1.54, 1.807) is 18.2 Å². The number of benzene rings is 2. The van der Waals surface area contributed by atoms with Crippen LogP contribution in [0.5, 0.6) is 0 Å². The first-order valence-electron chi connectivity index (χ1n) is 7.20. The molecule has 0 radical (unpaired) electrons. The van der Waals surface area contributed by atoms with E-state index in [9.17, 15) is 14.7 Å². The third-order valence-electron chi connectivity index (χ3n) is 3.91. The molecule has 0 unspecified atom stereocenters. The molecule has 2 N–H and O–H groups in total. The van der Waals surface area contributed by atoms with Crippen molar-refractivity contribution in [1.29, 1.82) is 0 Å². The van der Waals surface area contributed by atoms with E-state index in [1.807, 2.05) is 12.1 Å². The zero-order valence-corrected chi connectivity index (χ0v) is 11.6. The molecule has 1 amide bonds. The molecule has 0 spiro atoms. The smallest absolute Gasteiger partial charge is 0.336 e. The Labute approximate surface area is 122 Å². The van der Waals surface area contributed by atoms with Crippen LogP contribution in [0.25, 0.3) is 10.8 Å². The number of nitrogens with one attached hydrogen (secondary N) is 1. The van der Waals surface area contributed by atoms with Gasteiger partial charge in [-0.1, -0.05) is 37.1 Å². The molecule has 0 bridgehead atoms. The summed E-state index contributed by atoms with van der Waals surface area (Å²) in [6, 6.07) is 10.3. The third-order valence-corrected chi connectivity index (χ3v) is 3.91. The van der Waals surface area contributed by atoms with Gasteiger partial charge in [0.1, 0.15) is 0 Å².